The molecule has 1 heterocycles. The molecule has 6 nitrogen and oxygen atoms in total. The molecule has 1 aromatic carbocycles. The molecule has 0 aliphatic carbocycles. The van der Waals surface area contributed by atoms with Crippen LogP contribution in [0.15, 0.2) is 29.4 Å². The summed E-state index contributed by atoms with van der Waals surface area (Å²) in [4.78, 5) is 31.8. The van der Waals surface area contributed by atoms with Gasteiger partial charge in [0.05, 0.1) is 5.75 Å². The van der Waals surface area contributed by atoms with Crippen molar-refractivity contribution in [2.45, 2.75) is 38.4 Å². The molecule has 0 unspecified atom stereocenters. The third kappa shape index (κ3) is 6.00. The zero-order chi connectivity index (χ0) is 19.1. The fourth-order valence-electron chi connectivity index (χ4n) is 2.43. The predicted octanol–water partition coefficient (Wildman–Crippen LogP) is 2.57. The van der Waals surface area contributed by atoms with Gasteiger partial charge in [0.2, 0.25) is 11.8 Å². The number of halogens is 1. The van der Waals surface area contributed by atoms with Crippen LogP contribution in [0.1, 0.15) is 28.9 Å². The normalized spacial score (nSPS) is 10.6. The van der Waals surface area contributed by atoms with Crippen LogP contribution < -0.4 is 11.1 Å². The van der Waals surface area contributed by atoms with E-state index in [-0.39, 0.29) is 11.7 Å². The van der Waals surface area contributed by atoms with Crippen LogP contribution in [0.25, 0.3) is 0 Å². The number of aryl methyl sites for hydroxylation is 2. The number of hydrogen-bond donors (Lipinski definition) is 2. The molecule has 0 saturated carbocycles. The lowest BCUT2D eigenvalue weighted by molar-refractivity contribution is -0.121. The highest BCUT2D eigenvalue weighted by molar-refractivity contribution is 7.99. The van der Waals surface area contributed by atoms with Gasteiger partial charge in [-0.15, -0.1) is 0 Å². The molecule has 26 heavy (non-hydrogen) atoms. The molecule has 0 radical (unpaired) electrons. The average Bonchev–Trinajstić information content (AvgIpc) is 2.58. The van der Waals surface area contributed by atoms with Crippen LogP contribution in [0.5, 0.6) is 0 Å². The Morgan fingerprint density at radius 2 is 1.85 bits per heavy atom. The van der Waals surface area contributed by atoms with Crippen LogP contribution in [-0.4, -0.2) is 27.5 Å². The molecule has 0 aliphatic rings. The zero-order valence-corrected chi connectivity index (χ0v) is 16.3. The molecule has 138 valence electrons. The van der Waals surface area contributed by atoms with E-state index in [1.807, 2.05) is 32.0 Å². The number of benzene rings is 1. The first-order valence-corrected chi connectivity index (χ1v) is 9.48. The Kier molecular flexibility index (Phi) is 7.41. The van der Waals surface area contributed by atoms with E-state index in [1.54, 1.807) is 6.07 Å². The smallest absolute Gasteiger partial charge is 0.227 e. The maximum Gasteiger partial charge on any atom is 0.227 e. The zero-order valence-electron chi connectivity index (χ0n) is 14.7. The Morgan fingerprint density at radius 3 is 2.46 bits per heavy atom. The number of carbonyl (C=O) groups excluding carboxylic acids is 2. The maximum absolute atomic E-state index is 12.1. The lowest BCUT2D eigenvalue weighted by Crippen LogP contribution is -2.23. The summed E-state index contributed by atoms with van der Waals surface area (Å²) in [6, 6.07) is 7.41. The Hall–Kier alpha value is -2.12. The summed E-state index contributed by atoms with van der Waals surface area (Å²) in [5.74, 6) is -0.327. The summed E-state index contributed by atoms with van der Waals surface area (Å²) in [6.07, 6.45) is 0.885. The third-order valence-electron chi connectivity index (χ3n) is 3.78. The lowest BCUT2D eigenvalue weighted by Gasteiger charge is -2.11. The number of nitrogens with zero attached hydrogens (tertiary/aromatic N) is 2. The summed E-state index contributed by atoms with van der Waals surface area (Å²) >= 11 is 7.29. The van der Waals surface area contributed by atoms with Gasteiger partial charge in [0, 0.05) is 29.4 Å². The van der Waals surface area contributed by atoms with Gasteiger partial charge in [-0.3, -0.25) is 9.59 Å². The van der Waals surface area contributed by atoms with Crippen molar-refractivity contribution in [1.29, 1.82) is 0 Å². The number of amides is 2. The molecule has 0 atom stereocenters. The molecule has 2 aromatic rings. The van der Waals surface area contributed by atoms with Crippen LogP contribution in [0.4, 0.5) is 0 Å². The van der Waals surface area contributed by atoms with E-state index in [1.165, 1.54) is 11.8 Å². The Morgan fingerprint density at radius 1 is 1.19 bits per heavy atom. The van der Waals surface area contributed by atoms with Gasteiger partial charge in [-0.25, -0.2) is 9.97 Å². The van der Waals surface area contributed by atoms with Crippen molar-refractivity contribution in [2.75, 3.05) is 5.75 Å². The molecular formula is C18H21ClN4O2S. The van der Waals surface area contributed by atoms with E-state index >= 15 is 0 Å². The van der Waals surface area contributed by atoms with Crippen molar-refractivity contribution < 1.29 is 9.59 Å². The first-order chi connectivity index (χ1) is 12.4. The van der Waals surface area contributed by atoms with Crippen LogP contribution in [0, 0.1) is 13.8 Å². The van der Waals surface area contributed by atoms with Gasteiger partial charge in [0.15, 0.2) is 5.16 Å². The van der Waals surface area contributed by atoms with Crippen molar-refractivity contribution >= 4 is 35.2 Å². The number of hydrogen-bond acceptors (Lipinski definition) is 5. The fraction of sp³-hybridized carbons (Fsp3) is 0.333. The topological polar surface area (TPSA) is 98.0 Å². The minimum Gasteiger partial charge on any atom is -0.369 e. The third-order valence-corrected chi connectivity index (χ3v) is 5.02. The summed E-state index contributed by atoms with van der Waals surface area (Å²) in [6.45, 7) is 4.15. The van der Waals surface area contributed by atoms with Gasteiger partial charge in [0.25, 0.3) is 0 Å². The molecule has 0 fully saturated rings. The van der Waals surface area contributed by atoms with Gasteiger partial charge < -0.3 is 11.1 Å². The molecular weight excluding hydrogens is 372 g/mol. The molecule has 3 N–H and O–H groups in total. The second-order valence-corrected chi connectivity index (χ2v) is 7.13. The van der Waals surface area contributed by atoms with Crippen molar-refractivity contribution in [1.82, 2.24) is 15.3 Å². The summed E-state index contributed by atoms with van der Waals surface area (Å²) < 4.78 is 0. The average molecular weight is 393 g/mol. The highest BCUT2D eigenvalue weighted by Gasteiger charge is 2.12. The first kappa shape index (κ1) is 20.2. The number of nitrogens with two attached hydrogens (primary N) is 1. The summed E-state index contributed by atoms with van der Waals surface area (Å²) in [5, 5.41) is 4.03. The summed E-state index contributed by atoms with van der Waals surface area (Å²) in [7, 11) is 0. The molecule has 0 spiro atoms. The van der Waals surface area contributed by atoms with E-state index in [4.69, 9.17) is 17.3 Å². The minimum absolute atomic E-state index is 0.0594. The van der Waals surface area contributed by atoms with Crippen molar-refractivity contribution in [2.24, 2.45) is 5.73 Å². The number of rotatable bonds is 8. The predicted molar refractivity (Wildman–Crippen MR) is 103 cm³/mol. The highest BCUT2D eigenvalue weighted by atomic mass is 35.5. The van der Waals surface area contributed by atoms with Gasteiger partial charge >= 0.3 is 0 Å². The van der Waals surface area contributed by atoms with E-state index in [0.717, 1.165) is 22.5 Å². The number of primary amides is 1. The second-order valence-electron chi connectivity index (χ2n) is 5.78. The van der Waals surface area contributed by atoms with Gasteiger partial charge in [-0.1, -0.05) is 41.6 Å². The van der Waals surface area contributed by atoms with Crippen molar-refractivity contribution in [3.8, 4) is 0 Å². The SMILES string of the molecule is Cc1nc(SCC(N)=O)nc(C)c1CCC(=O)NCc1ccccc1Cl. The first-order valence-electron chi connectivity index (χ1n) is 8.12. The second kappa shape index (κ2) is 9.54. The Bertz CT molecular complexity index is 791. The van der Waals surface area contributed by atoms with E-state index < -0.39 is 5.91 Å². The van der Waals surface area contributed by atoms with Gasteiger partial charge in [-0.2, -0.15) is 0 Å². The maximum atomic E-state index is 12.1. The monoisotopic (exact) mass is 392 g/mol. The van der Waals surface area contributed by atoms with E-state index in [2.05, 4.69) is 15.3 Å². The quantitative estimate of drug-likeness (QED) is 0.531. The fourth-order valence-corrected chi connectivity index (χ4v) is 3.31. The van der Waals surface area contributed by atoms with Crippen molar-refractivity contribution in [3.05, 3.63) is 51.8 Å². The van der Waals surface area contributed by atoms with Gasteiger partial charge in [-0.05, 0) is 37.5 Å². The van der Waals surface area contributed by atoms with Crippen LogP contribution in [0.3, 0.4) is 0 Å². The molecule has 0 saturated heterocycles. The van der Waals surface area contributed by atoms with Crippen LogP contribution in [-0.2, 0) is 22.6 Å². The molecule has 0 aliphatic heterocycles. The number of carbonyl (C=O) groups is 2. The molecule has 8 heteroatoms. The largest absolute Gasteiger partial charge is 0.369 e. The standard InChI is InChI=1S/C18H21ClN4O2S/c1-11-14(12(2)23-18(22-11)26-10-16(20)24)7-8-17(25)21-9-13-5-3-4-6-15(13)19/h3-6H,7-10H2,1-2H3,(H2,20,24)(H,21,25). The van der Waals surface area contributed by atoms with E-state index in [0.29, 0.717) is 29.6 Å². The van der Waals surface area contributed by atoms with Crippen LogP contribution >= 0.6 is 23.4 Å². The number of aromatic nitrogens is 2. The number of thioether (sulfide) groups is 1. The Labute approximate surface area is 161 Å². The number of nitrogens with one attached hydrogen (secondary N) is 1. The van der Waals surface area contributed by atoms with Crippen molar-refractivity contribution in [3.63, 3.8) is 0 Å². The van der Waals surface area contributed by atoms with Gasteiger partial charge in [0.1, 0.15) is 0 Å². The highest BCUT2D eigenvalue weighted by Crippen LogP contribution is 2.19. The molecule has 0 bridgehead atoms. The molecule has 1 aromatic heterocycles. The lowest BCUT2D eigenvalue weighted by atomic mass is 10.1. The summed E-state index contributed by atoms with van der Waals surface area (Å²) in [5.41, 5.74) is 8.59. The Balaban J connectivity index is 1.91. The minimum atomic E-state index is -0.409. The van der Waals surface area contributed by atoms with Crippen LogP contribution in [0.2, 0.25) is 5.02 Å². The molecule has 2 rings (SSSR count). The van der Waals surface area contributed by atoms with E-state index in [9.17, 15) is 9.59 Å². The molecule has 2 amide bonds.